The molecule has 1 atom stereocenters. The van der Waals surface area contributed by atoms with Crippen LogP contribution >= 0.6 is 11.8 Å². The minimum absolute atomic E-state index is 0.0219. The van der Waals surface area contributed by atoms with Crippen LogP contribution in [0, 0.1) is 0 Å². The Morgan fingerprint density at radius 2 is 1.42 bits per heavy atom. The highest BCUT2D eigenvalue weighted by Crippen LogP contribution is 2.30. The van der Waals surface area contributed by atoms with E-state index >= 15 is 0 Å². The van der Waals surface area contributed by atoms with Gasteiger partial charge in [0.15, 0.2) is 0 Å². The molecule has 1 unspecified atom stereocenters. The van der Waals surface area contributed by atoms with E-state index in [0.29, 0.717) is 0 Å². The van der Waals surface area contributed by atoms with Gasteiger partial charge in [0, 0.05) is 30.6 Å². The van der Waals surface area contributed by atoms with E-state index < -0.39 is 5.79 Å². The maximum absolute atomic E-state index is 5.94. The largest absolute Gasteiger partial charge is 0.351 e. The number of thioether (sulfide) groups is 1. The van der Waals surface area contributed by atoms with Gasteiger partial charge in [-0.25, -0.2) is 9.78 Å². The van der Waals surface area contributed by atoms with Crippen LogP contribution in [0.4, 0.5) is 0 Å². The van der Waals surface area contributed by atoms with Gasteiger partial charge in [0.2, 0.25) is 5.79 Å². The minimum Gasteiger partial charge on any atom is -0.351 e. The number of hydrogen-bond acceptors (Lipinski definition) is 4. The summed E-state index contributed by atoms with van der Waals surface area (Å²) in [6, 6.07) is 10.4. The van der Waals surface area contributed by atoms with Crippen LogP contribution < -0.4 is 0 Å². The maximum atomic E-state index is 5.94. The van der Waals surface area contributed by atoms with Crippen LogP contribution in [0.5, 0.6) is 0 Å². The van der Waals surface area contributed by atoms with Gasteiger partial charge in [0.05, 0.1) is 6.10 Å². The molecule has 0 N–H and O–H groups in total. The first-order chi connectivity index (χ1) is 12.7. The molecule has 26 heavy (non-hydrogen) atoms. The van der Waals surface area contributed by atoms with E-state index in [1.807, 2.05) is 6.07 Å². The van der Waals surface area contributed by atoms with Crippen molar-refractivity contribution in [2.24, 2.45) is 0 Å². The summed E-state index contributed by atoms with van der Waals surface area (Å²) >= 11 is 1.79. The molecular weight excluding hydrogens is 344 g/mol. The van der Waals surface area contributed by atoms with Crippen molar-refractivity contribution in [1.29, 1.82) is 0 Å². The fraction of sp³-hybridized carbons (Fsp3) is 0.727. The van der Waals surface area contributed by atoms with Gasteiger partial charge in [-0.15, -0.1) is 11.8 Å². The Morgan fingerprint density at radius 1 is 0.885 bits per heavy atom. The third kappa shape index (κ3) is 8.43. The second kappa shape index (κ2) is 12.8. The van der Waals surface area contributed by atoms with Crippen molar-refractivity contribution in [3.05, 3.63) is 30.3 Å². The molecule has 1 fully saturated rings. The number of methoxy groups -OCH3 is 1. The smallest absolute Gasteiger partial charge is 0.201 e. The first-order valence-electron chi connectivity index (χ1n) is 10.3. The Balaban J connectivity index is 1.80. The molecule has 2 rings (SSSR count). The predicted molar refractivity (Wildman–Crippen MR) is 109 cm³/mol. The van der Waals surface area contributed by atoms with Crippen molar-refractivity contribution in [2.75, 3.05) is 12.9 Å². The average Bonchev–Trinajstić information content (AvgIpc) is 2.67. The van der Waals surface area contributed by atoms with Crippen molar-refractivity contribution in [2.45, 2.75) is 94.3 Å². The average molecular weight is 381 g/mol. The van der Waals surface area contributed by atoms with Gasteiger partial charge in [-0.1, -0.05) is 63.1 Å². The maximum Gasteiger partial charge on any atom is 0.201 e. The fourth-order valence-electron chi connectivity index (χ4n) is 3.40. The SMILES string of the molecule is COC1(OOC(C)CSc2ccccc2)CCCCCCCCCCC1. The highest BCUT2D eigenvalue weighted by molar-refractivity contribution is 7.99. The van der Waals surface area contributed by atoms with E-state index in [1.54, 1.807) is 18.9 Å². The van der Waals surface area contributed by atoms with E-state index in [2.05, 4.69) is 31.2 Å². The second-order valence-electron chi connectivity index (χ2n) is 7.41. The molecular formula is C22H36O3S. The Hall–Kier alpha value is -0.550. The summed E-state index contributed by atoms with van der Waals surface area (Å²) in [6.07, 6.45) is 13.4. The third-order valence-electron chi connectivity index (χ3n) is 5.08. The van der Waals surface area contributed by atoms with E-state index in [1.165, 1.54) is 49.8 Å². The van der Waals surface area contributed by atoms with Crippen LogP contribution in [-0.4, -0.2) is 24.8 Å². The van der Waals surface area contributed by atoms with Gasteiger partial charge in [-0.05, 0) is 31.9 Å². The zero-order chi connectivity index (χ0) is 18.5. The van der Waals surface area contributed by atoms with Crippen LogP contribution in [0.1, 0.15) is 77.6 Å². The van der Waals surface area contributed by atoms with Crippen molar-refractivity contribution < 1.29 is 14.5 Å². The monoisotopic (exact) mass is 380 g/mol. The summed E-state index contributed by atoms with van der Waals surface area (Å²) in [4.78, 5) is 13.0. The zero-order valence-corrected chi connectivity index (χ0v) is 17.4. The fourth-order valence-corrected chi connectivity index (χ4v) is 4.23. The Kier molecular flexibility index (Phi) is 10.7. The normalized spacial score (nSPS) is 20.7. The van der Waals surface area contributed by atoms with Crippen LogP contribution in [-0.2, 0) is 14.5 Å². The second-order valence-corrected chi connectivity index (χ2v) is 8.50. The lowest BCUT2D eigenvalue weighted by molar-refractivity contribution is -0.440. The van der Waals surface area contributed by atoms with E-state index in [0.717, 1.165) is 31.4 Å². The highest BCUT2D eigenvalue weighted by atomic mass is 32.2. The van der Waals surface area contributed by atoms with E-state index in [4.69, 9.17) is 14.5 Å². The molecule has 0 radical (unpaired) electrons. The van der Waals surface area contributed by atoms with Crippen LogP contribution in [0.3, 0.4) is 0 Å². The lowest BCUT2D eigenvalue weighted by atomic mass is 9.97. The molecule has 0 bridgehead atoms. The first-order valence-corrected chi connectivity index (χ1v) is 11.3. The van der Waals surface area contributed by atoms with Gasteiger partial charge in [0.1, 0.15) is 0 Å². The lowest BCUT2D eigenvalue weighted by Crippen LogP contribution is -2.36. The Labute approximate surface area is 164 Å². The predicted octanol–water partition coefficient (Wildman–Crippen LogP) is 6.76. The molecule has 4 heteroatoms. The molecule has 0 amide bonds. The summed E-state index contributed by atoms with van der Waals surface area (Å²) in [5.41, 5.74) is 0. The molecule has 1 saturated carbocycles. The molecule has 1 aromatic carbocycles. The van der Waals surface area contributed by atoms with Gasteiger partial charge >= 0.3 is 0 Å². The molecule has 148 valence electrons. The van der Waals surface area contributed by atoms with Crippen LogP contribution in [0.15, 0.2) is 35.2 Å². The number of rotatable bonds is 7. The van der Waals surface area contributed by atoms with Crippen molar-refractivity contribution in [3.8, 4) is 0 Å². The highest BCUT2D eigenvalue weighted by Gasteiger charge is 2.32. The van der Waals surface area contributed by atoms with Crippen molar-refractivity contribution in [3.63, 3.8) is 0 Å². The third-order valence-corrected chi connectivity index (χ3v) is 6.32. The van der Waals surface area contributed by atoms with Crippen molar-refractivity contribution in [1.82, 2.24) is 0 Å². The van der Waals surface area contributed by atoms with Gasteiger partial charge in [-0.3, -0.25) is 0 Å². The molecule has 1 aliphatic rings. The molecule has 0 heterocycles. The molecule has 0 spiro atoms. The lowest BCUT2D eigenvalue weighted by Gasteiger charge is -2.32. The van der Waals surface area contributed by atoms with E-state index in [9.17, 15) is 0 Å². The van der Waals surface area contributed by atoms with Gasteiger partial charge in [0.25, 0.3) is 0 Å². The summed E-state index contributed by atoms with van der Waals surface area (Å²) in [6.45, 7) is 2.06. The first kappa shape index (κ1) is 21.7. The standard InChI is InChI=1S/C22H36O3S/c1-20(19-26-21-15-11-10-12-16-21)24-25-22(23-2)17-13-8-6-4-3-5-7-9-14-18-22/h10-12,15-16,20H,3-9,13-14,17-19H2,1-2H3. The number of benzene rings is 1. The molecule has 0 aliphatic heterocycles. The topological polar surface area (TPSA) is 27.7 Å². The molecule has 3 nitrogen and oxygen atoms in total. The Morgan fingerprint density at radius 3 is 1.96 bits per heavy atom. The molecule has 0 aromatic heterocycles. The summed E-state index contributed by atoms with van der Waals surface area (Å²) < 4.78 is 5.84. The van der Waals surface area contributed by atoms with Gasteiger partial charge in [-0.2, -0.15) is 0 Å². The molecule has 0 saturated heterocycles. The van der Waals surface area contributed by atoms with Crippen LogP contribution in [0.2, 0.25) is 0 Å². The summed E-state index contributed by atoms with van der Waals surface area (Å²) in [5, 5.41) is 0. The zero-order valence-electron chi connectivity index (χ0n) is 16.6. The Bertz CT molecular complexity index is 454. The van der Waals surface area contributed by atoms with Crippen LogP contribution in [0.25, 0.3) is 0 Å². The van der Waals surface area contributed by atoms with Gasteiger partial charge < -0.3 is 4.74 Å². The van der Waals surface area contributed by atoms with Crippen molar-refractivity contribution >= 4 is 11.8 Å². The quantitative estimate of drug-likeness (QED) is 0.226. The number of ether oxygens (including phenoxy) is 1. The minimum atomic E-state index is -0.579. The molecule has 1 aromatic rings. The molecule has 1 aliphatic carbocycles. The summed E-state index contributed by atoms with van der Waals surface area (Å²) in [5.74, 6) is 0.286. The summed E-state index contributed by atoms with van der Waals surface area (Å²) in [7, 11) is 1.76. The number of hydrogen-bond donors (Lipinski definition) is 0. The van der Waals surface area contributed by atoms with E-state index in [-0.39, 0.29) is 6.10 Å².